The number of nitrogens with one attached hydrogen (secondary N) is 2. The summed E-state index contributed by atoms with van der Waals surface area (Å²) >= 11 is 0. The molecule has 0 saturated carbocycles. The van der Waals surface area contributed by atoms with Crippen molar-refractivity contribution in [2.45, 2.75) is 5.03 Å². The third-order valence-electron chi connectivity index (χ3n) is 2.13. The van der Waals surface area contributed by atoms with Gasteiger partial charge in [-0.15, -0.1) is 0 Å². The van der Waals surface area contributed by atoms with Gasteiger partial charge in [-0.25, -0.2) is 9.37 Å². The number of imidazole rings is 1. The van der Waals surface area contributed by atoms with E-state index < -0.39 is 15.8 Å². The summed E-state index contributed by atoms with van der Waals surface area (Å²) in [5.41, 5.74) is -0.479. The predicted octanol–water partition coefficient (Wildman–Crippen LogP) is 1.22. The average Bonchev–Trinajstić information content (AvgIpc) is 2.83. The summed E-state index contributed by atoms with van der Waals surface area (Å²) in [4.78, 5) is 5.99. The van der Waals surface area contributed by atoms with Crippen molar-refractivity contribution in [3.8, 4) is 6.07 Å². The molecule has 0 saturated heterocycles. The van der Waals surface area contributed by atoms with Crippen LogP contribution in [0.1, 0.15) is 5.56 Å². The number of nitrogens with zero attached hydrogens (tertiary/aromatic N) is 2. The quantitative estimate of drug-likeness (QED) is 0.872. The van der Waals surface area contributed by atoms with Crippen LogP contribution in [-0.2, 0) is 10.0 Å². The van der Waals surface area contributed by atoms with Gasteiger partial charge in [-0.05, 0) is 12.1 Å². The van der Waals surface area contributed by atoms with Crippen LogP contribution in [-0.4, -0.2) is 18.4 Å². The van der Waals surface area contributed by atoms with Gasteiger partial charge < -0.3 is 4.98 Å². The first kappa shape index (κ1) is 12.1. The van der Waals surface area contributed by atoms with E-state index in [2.05, 4.69) is 14.7 Å². The Morgan fingerprint density at radius 1 is 1.44 bits per heavy atom. The molecule has 0 bridgehead atoms. The molecule has 0 aliphatic carbocycles. The van der Waals surface area contributed by atoms with Crippen molar-refractivity contribution in [2.24, 2.45) is 0 Å². The van der Waals surface area contributed by atoms with Crippen LogP contribution in [0.25, 0.3) is 0 Å². The highest BCUT2D eigenvalue weighted by Gasteiger charge is 2.18. The molecule has 2 N–H and O–H groups in total. The van der Waals surface area contributed by atoms with E-state index in [1.807, 2.05) is 0 Å². The molecule has 0 unspecified atom stereocenters. The number of aromatic nitrogens is 2. The highest BCUT2D eigenvalue weighted by Crippen LogP contribution is 2.20. The Bertz CT molecular complexity index is 704. The van der Waals surface area contributed by atoms with Gasteiger partial charge in [0.1, 0.15) is 17.4 Å². The number of anilines is 1. The molecule has 0 spiro atoms. The normalized spacial score (nSPS) is 10.9. The molecular weight excluding hydrogens is 259 g/mol. The van der Waals surface area contributed by atoms with Gasteiger partial charge in [0.25, 0.3) is 10.0 Å². The highest BCUT2D eigenvalue weighted by atomic mass is 32.2. The van der Waals surface area contributed by atoms with Crippen molar-refractivity contribution in [3.05, 3.63) is 42.1 Å². The highest BCUT2D eigenvalue weighted by molar-refractivity contribution is 7.92. The zero-order valence-electron chi connectivity index (χ0n) is 8.88. The van der Waals surface area contributed by atoms with Gasteiger partial charge in [-0.3, -0.25) is 4.72 Å². The first-order chi connectivity index (χ1) is 8.54. The predicted molar refractivity (Wildman–Crippen MR) is 60.5 cm³/mol. The van der Waals surface area contributed by atoms with E-state index in [9.17, 15) is 12.8 Å². The lowest BCUT2D eigenvalue weighted by Crippen LogP contribution is -2.14. The molecule has 2 rings (SSSR count). The van der Waals surface area contributed by atoms with Crippen molar-refractivity contribution in [2.75, 3.05) is 4.72 Å². The monoisotopic (exact) mass is 266 g/mol. The van der Waals surface area contributed by atoms with Crippen LogP contribution < -0.4 is 4.72 Å². The molecule has 1 heterocycles. The third-order valence-corrected chi connectivity index (χ3v) is 3.42. The molecule has 0 amide bonds. The van der Waals surface area contributed by atoms with E-state index in [0.29, 0.717) is 0 Å². The Hall–Kier alpha value is -2.40. The fourth-order valence-electron chi connectivity index (χ4n) is 1.31. The molecule has 8 heteroatoms. The molecule has 1 aromatic heterocycles. The van der Waals surface area contributed by atoms with Gasteiger partial charge in [0.05, 0.1) is 18.2 Å². The van der Waals surface area contributed by atoms with Gasteiger partial charge in [-0.1, -0.05) is 6.07 Å². The maximum absolute atomic E-state index is 13.3. The zero-order valence-corrected chi connectivity index (χ0v) is 9.70. The van der Waals surface area contributed by atoms with Crippen LogP contribution in [0.3, 0.4) is 0 Å². The van der Waals surface area contributed by atoms with Crippen molar-refractivity contribution < 1.29 is 12.8 Å². The topological polar surface area (TPSA) is 98.6 Å². The van der Waals surface area contributed by atoms with Gasteiger partial charge in [0.2, 0.25) is 0 Å². The summed E-state index contributed by atoms with van der Waals surface area (Å²) in [6.45, 7) is 0. The molecule has 2 aromatic rings. The van der Waals surface area contributed by atoms with E-state index >= 15 is 0 Å². The maximum atomic E-state index is 13.3. The summed E-state index contributed by atoms with van der Waals surface area (Å²) in [5.74, 6) is -0.790. The molecule has 1 aromatic carbocycles. The summed E-state index contributed by atoms with van der Waals surface area (Å²) in [6.07, 6.45) is 2.30. The molecule has 6 nitrogen and oxygen atoms in total. The van der Waals surface area contributed by atoms with Gasteiger partial charge in [0, 0.05) is 0 Å². The smallest absolute Gasteiger partial charge is 0.279 e. The molecule has 0 radical (unpaired) electrons. The van der Waals surface area contributed by atoms with Crippen LogP contribution >= 0.6 is 0 Å². The van der Waals surface area contributed by atoms with Crippen molar-refractivity contribution in [1.82, 2.24) is 9.97 Å². The van der Waals surface area contributed by atoms with E-state index in [4.69, 9.17) is 5.26 Å². The SMILES string of the molecule is N#Cc1c(F)cccc1NS(=O)(=O)c1cnc[nH]1. The molecule has 18 heavy (non-hydrogen) atoms. The molecule has 92 valence electrons. The number of rotatable bonds is 3. The lowest BCUT2D eigenvalue weighted by Gasteiger charge is -2.07. The Balaban J connectivity index is 2.43. The number of sulfonamides is 1. The number of halogens is 1. The number of H-pyrrole nitrogens is 1. The Morgan fingerprint density at radius 2 is 2.22 bits per heavy atom. The van der Waals surface area contributed by atoms with Crippen molar-refractivity contribution >= 4 is 15.7 Å². The maximum Gasteiger partial charge on any atom is 0.279 e. The standard InChI is InChI=1S/C10H7FN4O2S/c11-8-2-1-3-9(7(8)4-12)15-18(16,17)10-5-13-6-14-10/h1-3,5-6,15H,(H,13,14). The molecule has 0 atom stereocenters. The molecule has 0 aliphatic heterocycles. The first-order valence-electron chi connectivity index (χ1n) is 4.74. The van der Waals surface area contributed by atoms with Gasteiger partial charge in [-0.2, -0.15) is 13.7 Å². The zero-order chi connectivity index (χ0) is 13.2. The lowest BCUT2D eigenvalue weighted by molar-refractivity contribution is 0.598. The van der Waals surface area contributed by atoms with E-state index in [1.165, 1.54) is 18.5 Å². The van der Waals surface area contributed by atoms with E-state index in [-0.39, 0.29) is 16.3 Å². The third kappa shape index (κ3) is 2.16. The number of benzene rings is 1. The lowest BCUT2D eigenvalue weighted by atomic mass is 10.2. The number of hydrogen-bond acceptors (Lipinski definition) is 4. The fraction of sp³-hybridized carbons (Fsp3) is 0. The van der Waals surface area contributed by atoms with Gasteiger partial charge >= 0.3 is 0 Å². The average molecular weight is 266 g/mol. The van der Waals surface area contributed by atoms with Crippen LogP contribution in [0.15, 0.2) is 35.7 Å². The molecule has 0 aliphatic rings. The van der Waals surface area contributed by atoms with Crippen LogP contribution in [0.4, 0.5) is 10.1 Å². The van der Waals surface area contributed by atoms with E-state index in [1.54, 1.807) is 6.07 Å². The van der Waals surface area contributed by atoms with Crippen molar-refractivity contribution in [1.29, 1.82) is 5.26 Å². The summed E-state index contributed by atoms with van der Waals surface area (Å²) in [6, 6.07) is 5.29. The second kappa shape index (κ2) is 4.46. The summed E-state index contributed by atoms with van der Waals surface area (Å²) in [7, 11) is -3.91. The van der Waals surface area contributed by atoms with Crippen molar-refractivity contribution in [3.63, 3.8) is 0 Å². The molecule has 0 fully saturated rings. The second-order valence-corrected chi connectivity index (χ2v) is 4.95. The minimum absolute atomic E-state index is 0.118. The van der Waals surface area contributed by atoms with Crippen LogP contribution in [0.2, 0.25) is 0 Å². The second-order valence-electron chi connectivity index (χ2n) is 3.30. The number of hydrogen-bond donors (Lipinski definition) is 2. The Morgan fingerprint density at radius 3 is 2.83 bits per heavy atom. The number of nitriles is 1. The first-order valence-corrected chi connectivity index (χ1v) is 6.23. The van der Waals surface area contributed by atoms with Crippen LogP contribution in [0, 0.1) is 17.1 Å². The minimum atomic E-state index is -3.91. The van der Waals surface area contributed by atoms with Crippen LogP contribution in [0.5, 0.6) is 0 Å². The largest absolute Gasteiger partial charge is 0.334 e. The fourth-order valence-corrected chi connectivity index (χ4v) is 2.29. The summed E-state index contributed by atoms with van der Waals surface area (Å²) < 4.78 is 39.1. The Labute approximate surface area is 102 Å². The summed E-state index contributed by atoms with van der Waals surface area (Å²) in [5, 5.41) is 8.61. The van der Waals surface area contributed by atoms with Gasteiger partial charge in [0.15, 0.2) is 5.03 Å². The minimum Gasteiger partial charge on any atom is -0.334 e. The molecular formula is C10H7FN4O2S. The van der Waals surface area contributed by atoms with E-state index in [0.717, 1.165) is 12.3 Å². The number of aromatic amines is 1. The Kier molecular flexibility index (Phi) is 2.99.